The summed E-state index contributed by atoms with van der Waals surface area (Å²) in [7, 11) is 0. The summed E-state index contributed by atoms with van der Waals surface area (Å²) in [5.41, 5.74) is 1.83. The molecule has 0 aliphatic carbocycles. The molecule has 0 aromatic heterocycles. The number of hydrogen-bond donors (Lipinski definition) is 2. The highest BCUT2D eigenvalue weighted by Gasteiger charge is 2.34. The van der Waals surface area contributed by atoms with E-state index in [0.29, 0.717) is 43.6 Å². The second-order valence-corrected chi connectivity index (χ2v) is 8.19. The molecule has 3 rings (SSSR count). The Balaban J connectivity index is 1.68. The van der Waals surface area contributed by atoms with Gasteiger partial charge in [-0.15, -0.1) is 0 Å². The number of hydrogen-bond acceptors (Lipinski definition) is 3. The molecule has 1 aliphatic rings. The monoisotopic (exact) mass is 439 g/mol. The van der Waals surface area contributed by atoms with Gasteiger partial charge >= 0.3 is 0 Å². The maximum Gasteiger partial charge on any atom is 0.253 e. The maximum absolute atomic E-state index is 13.2. The lowest BCUT2D eigenvalue weighted by atomic mass is 9.88. The smallest absolute Gasteiger partial charge is 0.253 e. The van der Waals surface area contributed by atoms with E-state index in [1.165, 1.54) is 24.3 Å². The molecule has 1 atom stereocenters. The molecule has 0 saturated carbocycles. The summed E-state index contributed by atoms with van der Waals surface area (Å²) < 4.78 is 13.2. The van der Waals surface area contributed by atoms with E-state index >= 15 is 0 Å². The summed E-state index contributed by atoms with van der Waals surface area (Å²) in [6, 6.07) is 12.1. The molecule has 3 amide bonds. The molecule has 1 unspecified atom stereocenters. The van der Waals surface area contributed by atoms with Crippen molar-refractivity contribution in [1.29, 1.82) is 0 Å². The summed E-state index contributed by atoms with van der Waals surface area (Å²) in [5.74, 6) is -1.09. The molecule has 32 heavy (non-hydrogen) atoms. The van der Waals surface area contributed by atoms with Crippen molar-refractivity contribution in [2.45, 2.75) is 39.2 Å². The quantitative estimate of drug-likeness (QED) is 0.695. The molecule has 1 saturated heterocycles. The maximum atomic E-state index is 13.2. The SMILES string of the molecule is CCCNC(=O)C(NC(=O)c1ccccc1C)C1CCN(C(=O)c2ccc(F)cc2)CC1. The zero-order chi connectivity index (χ0) is 23.1. The first-order valence-electron chi connectivity index (χ1n) is 11.1. The van der Waals surface area contributed by atoms with Crippen LogP contribution < -0.4 is 10.6 Å². The van der Waals surface area contributed by atoms with Crippen molar-refractivity contribution in [3.8, 4) is 0 Å². The average molecular weight is 440 g/mol. The largest absolute Gasteiger partial charge is 0.354 e. The van der Waals surface area contributed by atoms with Crippen LogP contribution in [0.2, 0.25) is 0 Å². The van der Waals surface area contributed by atoms with Gasteiger partial charge in [-0.05, 0) is 68.0 Å². The van der Waals surface area contributed by atoms with E-state index in [1.54, 1.807) is 17.0 Å². The number of piperidine rings is 1. The Labute approximate surface area is 188 Å². The van der Waals surface area contributed by atoms with E-state index in [4.69, 9.17) is 0 Å². The van der Waals surface area contributed by atoms with E-state index < -0.39 is 6.04 Å². The molecule has 0 radical (unpaired) electrons. The van der Waals surface area contributed by atoms with Crippen LogP contribution in [-0.4, -0.2) is 48.3 Å². The van der Waals surface area contributed by atoms with Gasteiger partial charge in [-0.2, -0.15) is 0 Å². The molecule has 0 bridgehead atoms. The van der Waals surface area contributed by atoms with Crippen LogP contribution in [0.5, 0.6) is 0 Å². The third-order valence-electron chi connectivity index (χ3n) is 5.90. The first-order valence-corrected chi connectivity index (χ1v) is 11.1. The predicted octanol–water partition coefficient (Wildman–Crippen LogP) is 3.31. The van der Waals surface area contributed by atoms with Gasteiger partial charge in [-0.3, -0.25) is 14.4 Å². The number of aryl methyl sites for hydroxylation is 1. The van der Waals surface area contributed by atoms with Crippen molar-refractivity contribution in [1.82, 2.24) is 15.5 Å². The van der Waals surface area contributed by atoms with Crippen LogP contribution in [0.4, 0.5) is 4.39 Å². The first-order chi connectivity index (χ1) is 15.4. The zero-order valence-corrected chi connectivity index (χ0v) is 18.6. The van der Waals surface area contributed by atoms with Crippen LogP contribution in [0.3, 0.4) is 0 Å². The third kappa shape index (κ3) is 5.72. The van der Waals surface area contributed by atoms with Gasteiger partial charge in [-0.25, -0.2) is 4.39 Å². The fraction of sp³-hybridized carbons (Fsp3) is 0.400. The number of amides is 3. The minimum atomic E-state index is -0.670. The Morgan fingerprint density at radius 3 is 2.34 bits per heavy atom. The highest BCUT2D eigenvalue weighted by molar-refractivity contribution is 5.98. The van der Waals surface area contributed by atoms with Crippen LogP contribution in [0.25, 0.3) is 0 Å². The molecule has 7 heteroatoms. The lowest BCUT2D eigenvalue weighted by molar-refractivity contribution is -0.124. The Morgan fingerprint density at radius 2 is 1.72 bits per heavy atom. The Kier molecular flexibility index (Phi) is 7.98. The Hall–Kier alpha value is -3.22. The highest BCUT2D eigenvalue weighted by Crippen LogP contribution is 2.23. The Bertz CT molecular complexity index is 953. The number of nitrogens with zero attached hydrogens (tertiary/aromatic N) is 1. The second kappa shape index (κ2) is 10.9. The van der Waals surface area contributed by atoms with Crippen molar-refractivity contribution in [2.75, 3.05) is 19.6 Å². The van der Waals surface area contributed by atoms with Crippen molar-refractivity contribution in [3.05, 3.63) is 71.0 Å². The van der Waals surface area contributed by atoms with Crippen LogP contribution >= 0.6 is 0 Å². The van der Waals surface area contributed by atoms with Crippen molar-refractivity contribution >= 4 is 17.7 Å². The number of halogens is 1. The fourth-order valence-corrected chi connectivity index (χ4v) is 4.01. The van der Waals surface area contributed by atoms with E-state index in [1.807, 2.05) is 26.0 Å². The lowest BCUT2D eigenvalue weighted by Crippen LogP contribution is -2.54. The highest BCUT2D eigenvalue weighted by atomic mass is 19.1. The van der Waals surface area contributed by atoms with Crippen LogP contribution in [0.15, 0.2) is 48.5 Å². The molecule has 2 aromatic carbocycles. The molecular formula is C25H30FN3O3. The van der Waals surface area contributed by atoms with Gasteiger partial charge in [0.1, 0.15) is 11.9 Å². The summed E-state index contributed by atoms with van der Waals surface area (Å²) in [6.45, 7) is 5.32. The number of benzene rings is 2. The molecule has 1 fully saturated rings. The molecule has 170 valence electrons. The topological polar surface area (TPSA) is 78.5 Å². The fourth-order valence-electron chi connectivity index (χ4n) is 4.01. The summed E-state index contributed by atoms with van der Waals surface area (Å²) in [4.78, 5) is 40.2. The van der Waals surface area contributed by atoms with Gasteiger partial charge in [0.2, 0.25) is 5.91 Å². The van der Waals surface area contributed by atoms with Gasteiger partial charge in [0.15, 0.2) is 0 Å². The van der Waals surface area contributed by atoms with Crippen LogP contribution in [0, 0.1) is 18.7 Å². The molecular weight excluding hydrogens is 409 g/mol. The summed E-state index contributed by atoms with van der Waals surface area (Å²) >= 11 is 0. The summed E-state index contributed by atoms with van der Waals surface area (Å²) in [5, 5.41) is 5.83. The van der Waals surface area contributed by atoms with E-state index in [2.05, 4.69) is 10.6 Å². The number of carbonyl (C=O) groups excluding carboxylic acids is 3. The minimum absolute atomic E-state index is 0.0860. The number of carbonyl (C=O) groups is 3. The molecule has 1 aliphatic heterocycles. The molecule has 2 N–H and O–H groups in total. The van der Waals surface area contributed by atoms with E-state index in [9.17, 15) is 18.8 Å². The van der Waals surface area contributed by atoms with Gasteiger partial charge in [0, 0.05) is 30.8 Å². The first kappa shape index (κ1) is 23.4. The molecule has 1 heterocycles. The van der Waals surface area contributed by atoms with Crippen molar-refractivity contribution in [2.24, 2.45) is 5.92 Å². The zero-order valence-electron chi connectivity index (χ0n) is 18.6. The van der Waals surface area contributed by atoms with Gasteiger partial charge in [-0.1, -0.05) is 25.1 Å². The number of nitrogens with one attached hydrogen (secondary N) is 2. The number of rotatable bonds is 7. The molecule has 0 spiro atoms. The molecule has 6 nitrogen and oxygen atoms in total. The Morgan fingerprint density at radius 1 is 1.06 bits per heavy atom. The van der Waals surface area contributed by atoms with Crippen molar-refractivity contribution < 1.29 is 18.8 Å². The van der Waals surface area contributed by atoms with Crippen LogP contribution in [-0.2, 0) is 4.79 Å². The van der Waals surface area contributed by atoms with Crippen LogP contribution in [0.1, 0.15) is 52.5 Å². The van der Waals surface area contributed by atoms with Gasteiger partial charge in [0.25, 0.3) is 11.8 Å². The summed E-state index contributed by atoms with van der Waals surface area (Å²) in [6.07, 6.45) is 1.98. The third-order valence-corrected chi connectivity index (χ3v) is 5.90. The van der Waals surface area contributed by atoms with E-state index in [-0.39, 0.29) is 29.5 Å². The standard InChI is InChI=1S/C25H30FN3O3/c1-3-14-27-24(31)22(28-23(30)21-7-5-4-6-17(21)2)18-12-15-29(16-13-18)25(32)19-8-10-20(26)11-9-19/h4-11,18,22H,3,12-16H2,1-2H3,(H,27,31)(H,28,30). The number of likely N-dealkylation sites (tertiary alicyclic amines) is 1. The van der Waals surface area contributed by atoms with Gasteiger partial charge in [0.05, 0.1) is 0 Å². The lowest BCUT2D eigenvalue weighted by Gasteiger charge is -2.36. The average Bonchev–Trinajstić information content (AvgIpc) is 2.81. The second-order valence-electron chi connectivity index (χ2n) is 8.19. The normalized spacial score (nSPS) is 15.2. The molecule has 2 aromatic rings. The predicted molar refractivity (Wildman–Crippen MR) is 121 cm³/mol. The van der Waals surface area contributed by atoms with Gasteiger partial charge < -0.3 is 15.5 Å². The van der Waals surface area contributed by atoms with E-state index in [0.717, 1.165) is 12.0 Å². The van der Waals surface area contributed by atoms with Crippen molar-refractivity contribution in [3.63, 3.8) is 0 Å². The minimum Gasteiger partial charge on any atom is -0.354 e.